The topological polar surface area (TPSA) is 146 Å². The Hall–Kier alpha value is -3.62. The fraction of sp³-hybridized carbons (Fsp3) is 0.571. The molecule has 15 heteroatoms. The molecule has 0 unspecified atom stereocenters. The van der Waals surface area contributed by atoms with Crippen LogP contribution in [0.2, 0.25) is 0 Å². The molecular formula is C28H35F4N5O5S. The molecular weight excluding hydrogens is 594 g/mol. The van der Waals surface area contributed by atoms with E-state index in [1.807, 2.05) is 0 Å². The summed E-state index contributed by atoms with van der Waals surface area (Å²) in [6.45, 7) is 8.24. The van der Waals surface area contributed by atoms with E-state index in [0.717, 1.165) is 11.3 Å². The van der Waals surface area contributed by atoms with Crippen LogP contribution in [0, 0.1) is 23.1 Å². The molecule has 1 aromatic heterocycles. The summed E-state index contributed by atoms with van der Waals surface area (Å²) in [5.41, 5.74) is -1.18. The lowest BCUT2D eigenvalue weighted by atomic mass is 9.85. The molecule has 0 radical (unpaired) electrons. The predicted molar refractivity (Wildman–Crippen MR) is 150 cm³/mol. The van der Waals surface area contributed by atoms with Crippen molar-refractivity contribution in [2.24, 2.45) is 17.3 Å². The minimum absolute atomic E-state index is 0.0152. The molecule has 0 aliphatic carbocycles. The number of hydrogen-bond donors (Lipinski definition) is 4. The summed E-state index contributed by atoms with van der Waals surface area (Å²) in [4.78, 5) is 68.5. The smallest absolute Gasteiger partial charge is 0.356 e. The van der Waals surface area contributed by atoms with Crippen LogP contribution in [0.4, 0.5) is 17.6 Å². The Morgan fingerprint density at radius 1 is 1.05 bits per heavy atom. The predicted octanol–water partition coefficient (Wildman–Crippen LogP) is 3.25. The first-order valence-electron chi connectivity index (χ1n) is 13.7. The van der Waals surface area contributed by atoms with Gasteiger partial charge in [-0.1, -0.05) is 40.7 Å². The molecule has 0 saturated carbocycles. The Kier molecular flexibility index (Phi) is 10.5. The number of carbonyl (C=O) groups is 5. The molecule has 10 nitrogen and oxygen atoms in total. The zero-order valence-corrected chi connectivity index (χ0v) is 25.2. The van der Waals surface area contributed by atoms with Gasteiger partial charge in [0.05, 0.1) is 10.7 Å². The van der Waals surface area contributed by atoms with E-state index in [0.29, 0.717) is 17.7 Å². The number of thiazole rings is 1. The first-order chi connectivity index (χ1) is 19.9. The van der Waals surface area contributed by atoms with Crippen LogP contribution in [0.15, 0.2) is 18.2 Å². The number of ketones is 1. The summed E-state index contributed by atoms with van der Waals surface area (Å²) in [5.74, 6) is -6.53. The van der Waals surface area contributed by atoms with E-state index in [1.54, 1.807) is 25.2 Å². The molecule has 4 N–H and O–H groups in total. The maximum absolute atomic E-state index is 14.3. The Morgan fingerprint density at radius 3 is 2.23 bits per heavy atom. The average Bonchev–Trinajstić information content (AvgIpc) is 3.51. The van der Waals surface area contributed by atoms with Crippen LogP contribution in [0.25, 0.3) is 10.2 Å². The second kappa shape index (κ2) is 13.3. The van der Waals surface area contributed by atoms with E-state index in [2.05, 4.69) is 20.9 Å². The minimum Gasteiger partial charge on any atom is -0.356 e. The lowest BCUT2D eigenvalue weighted by Crippen LogP contribution is -2.60. The van der Waals surface area contributed by atoms with Crippen molar-refractivity contribution in [3.05, 3.63) is 29.0 Å². The number of hydrogen-bond acceptors (Lipinski definition) is 7. The zero-order chi connectivity index (χ0) is 32.3. The lowest BCUT2D eigenvalue weighted by molar-refractivity contribution is -0.175. The number of carbonyl (C=O) groups excluding carboxylic acids is 5. The second-order valence-electron chi connectivity index (χ2n) is 12.0. The van der Waals surface area contributed by atoms with Gasteiger partial charge in [0.2, 0.25) is 23.5 Å². The van der Waals surface area contributed by atoms with Gasteiger partial charge in [0.25, 0.3) is 0 Å². The summed E-state index contributed by atoms with van der Waals surface area (Å²) in [5, 5.41) is 9.32. The van der Waals surface area contributed by atoms with Gasteiger partial charge in [-0.05, 0) is 42.7 Å². The molecule has 1 saturated heterocycles. The summed E-state index contributed by atoms with van der Waals surface area (Å²) in [6.07, 6.45) is -4.88. The van der Waals surface area contributed by atoms with Gasteiger partial charge in [-0.25, -0.2) is 9.37 Å². The molecule has 4 amide bonds. The van der Waals surface area contributed by atoms with E-state index in [9.17, 15) is 41.5 Å². The van der Waals surface area contributed by atoms with E-state index < -0.39 is 65.0 Å². The molecule has 4 atom stereocenters. The van der Waals surface area contributed by atoms with Crippen LogP contribution in [0.5, 0.6) is 0 Å². The number of rotatable bonds is 11. The van der Waals surface area contributed by atoms with Gasteiger partial charge in [-0.2, -0.15) is 13.2 Å². The molecule has 2 aromatic rings. The first-order valence-corrected chi connectivity index (χ1v) is 14.6. The number of amides is 4. The van der Waals surface area contributed by atoms with Gasteiger partial charge in [-0.3, -0.25) is 24.0 Å². The number of nitrogens with zero attached hydrogens (tertiary/aromatic N) is 1. The second-order valence-corrected chi connectivity index (χ2v) is 13.0. The summed E-state index contributed by atoms with van der Waals surface area (Å²) in [7, 11) is 0. The number of fused-ring (bicyclic) bond motifs is 1. The van der Waals surface area contributed by atoms with Crippen molar-refractivity contribution in [1.29, 1.82) is 0 Å². The van der Waals surface area contributed by atoms with Crippen molar-refractivity contribution in [2.45, 2.75) is 78.2 Å². The van der Waals surface area contributed by atoms with Gasteiger partial charge in [0.15, 0.2) is 5.01 Å². The van der Waals surface area contributed by atoms with Crippen LogP contribution in [-0.2, 0) is 19.2 Å². The number of halogens is 4. The molecule has 236 valence electrons. The quantitative estimate of drug-likeness (QED) is 0.222. The van der Waals surface area contributed by atoms with Crippen molar-refractivity contribution >= 4 is 51.0 Å². The van der Waals surface area contributed by atoms with Crippen molar-refractivity contribution in [1.82, 2.24) is 26.3 Å². The van der Waals surface area contributed by atoms with Crippen LogP contribution < -0.4 is 21.3 Å². The highest BCUT2D eigenvalue weighted by molar-refractivity contribution is 7.20. The molecule has 1 aromatic carbocycles. The van der Waals surface area contributed by atoms with E-state index in [1.165, 1.54) is 32.9 Å². The lowest BCUT2D eigenvalue weighted by Gasteiger charge is -2.32. The third-order valence-electron chi connectivity index (χ3n) is 6.90. The van der Waals surface area contributed by atoms with Crippen LogP contribution in [-0.4, -0.2) is 65.2 Å². The maximum atomic E-state index is 14.3. The molecule has 0 bridgehead atoms. The number of alkyl halides is 3. The first kappa shape index (κ1) is 33.9. The highest BCUT2D eigenvalue weighted by Crippen LogP contribution is 2.27. The number of para-hydroxylation sites is 1. The summed E-state index contributed by atoms with van der Waals surface area (Å²) >= 11 is 0.923. The van der Waals surface area contributed by atoms with Crippen molar-refractivity contribution in [2.75, 3.05) is 6.54 Å². The minimum atomic E-state index is -5.23. The highest BCUT2D eigenvalue weighted by Gasteiger charge is 2.44. The Morgan fingerprint density at radius 2 is 1.70 bits per heavy atom. The van der Waals surface area contributed by atoms with Crippen molar-refractivity contribution < 1.29 is 41.5 Å². The fourth-order valence-electron chi connectivity index (χ4n) is 4.67. The van der Waals surface area contributed by atoms with Crippen LogP contribution in [0.3, 0.4) is 0 Å². The van der Waals surface area contributed by atoms with Crippen LogP contribution in [0.1, 0.15) is 63.7 Å². The third-order valence-corrected chi connectivity index (χ3v) is 7.93. The number of Topliss-reactive ketones (excluding diaryl/α,β-unsaturated/α-hetero) is 1. The van der Waals surface area contributed by atoms with Gasteiger partial charge < -0.3 is 21.3 Å². The molecule has 1 aliphatic rings. The Labute approximate surface area is 249 Å². The van der Waals surface area contributed by atoms with Crippen molar-refractivity contribution in [3.63, 3.8) is 0 Å². The van der Waals surface area contributed by atoms with Gasteiger partial charge in [-0.15, -0.1) is 11.3 Å². The molecule has 2 heterocycles. The highest BCUT2D eigenvalue weighted by atomic mass is 32.1. The number of nitrogens with one attached hydrogen (secondary N) is 4. The number of benzene rings is 1. The van der Waals surface area contributed by atoms with Gasteiger partial charge in [0, 0.05) is 12.5 Å². The number of aromatic nitrogens is 1. The fourth-order valence-corrected chi connectivity index (χ4v) is 5.65. The zero-order valence-electron chi connectivity index (χ0n) is 24.4. The summed E-state index contributed by atoms with van der Waals surface area (Å²) < 4.78 is 53.6. The van der Waals surface area contributed by atoms with E-state index in [-0.39, 0.29) is 35.2 Å². The molecule has 1 aliphatic heterocycles. The molecule has 43 heavy (non-hydrogen) atoms. The standard InChI is InChI=1S/C28H35F4N5O5S/c1-13(2)11-17(35-24(41)21(27(3,4)5)37-26(42)28(30,31)32)23(40)34-16(12-14-9-10-33-22(14)39)20(38)25-36-19-15(29)7-6-8-18(19)43-25/h6-8,13-14,16-17,21H,9-12H2,1-5H3,(H,33,39)(H,34,40)(H,35,41)(H,37,42)/t14-,16-,17-,21+/m0/s1. The molecule has 1 fully saturated rings. The Balaban J connectivity index is 1.88. The van der Waals surface area contributed by atoms with E-state index in [4.69, 9.17) is 0 Å². The molecule has 3 rings (SSSR count). The van der Waals surface area contributed by atoms with E-state index >= 15 is 0 Å². The average molecular weight is 630 g/mol. The Bertz CT molecular complexity index is 1390. The molecule has 0 spiro atoms. The van der Waals surface area contributed by atoms with Crippen LogP contribution >= 0.6 is 11.3 Å². The maximum Gasteiger partial charge on any atom is 0.471 e. The monoisotopic (exact) mass is 629 g/mol. The SMILES string of the molecule is CC(C)C[C@H](NC(=O)[C@@H](NC(=O)C(F)(F)F)C(C)(C)C)C(=O)N[C@@H](C[C@@H]1CCNC1=O)C(=O)c1nc2c(F)cccc2s1. The van der Waals surface area contributed by atoms with Gasteiger partial charge >= 0.3 is 12.1 Å². The largest absolute Gasteiger partial charge is 0.471 e. The van der Waals surface area contributed by atoms with Gasteiger partial charge in [0.1, 0.15) is 23.4 Å². The van der Waals surface area contributed by atoms with Crippen molar-refractivity contribution in [3.8, 4) is 0 Å². The third kappa shape index (κ3) is 8.71. The summed E-state index contributed by atoms with van der Waals surface area (Å²) in [6, 6.07) is 0.0110. The normalized spacial score (nSPS) is 17.7.